The maximum atomic E-state index is 13.2. The van der Waals surface area contributed by atoms with Gasteiger partial charge < -0.3 is 10.4 Å². The van der Waals surface area contributed by atoms with Crippen molar-refractivity contribution in [3.63, 3.8) is 0 Å². The summed E-state index contributed by atoms with van der Waals surface area (Å²) in [7, 11) is 0. The molecule has 5 nitrogen and oxygen atoms in total. The minimum atomic E-state index is -4.65. The van der Waals surface area contributed by atoms with Crippen LogP contribution in [0.3, 0.4) is 0 Å². The molecule has 1 amide bonds. The number of pyridine rings is 2. The number of carbonyl (C=O) groups is 1. The summed E-state index contributed by atoms with van der Waals surface area (Å²) in [4.78, 5) is 20.6. The molecule has 0 bridgehead atoms. The molecule has 0 radical (unpaired) electrons. The normalized spacial score (nSPS) is 20.2. The molecule has 34 heavy (non-hydrogen) atoms. The van der Waals surface area contributed by atoms with Crippen LogP contribution in [0, 0.1) is 11.7 Å². The molecule has 2 atom stereocenters. The molecule has 0 aliphatic heterocycles. The first-order valence-electron chi connectivity index (χ1n) is 10.7. The van der Waals surface area contributed by atoms with Crippen molar-refractivity contribution in [2.45, 2.75) is 44.5 Å². The van der Waals surface area contributed by atoms with E-state index in [2.05, 4.69) is 15.3 Å². The molecule has 0 saturated heterocycles. The lowest BCUT2D eigenvalue weighted by atomic mass is 9.91. The molecule has 4 rings (SSSR count). The second kappa shape index (κ2) is 8.16. The molecule has 1 fully saturated rings. The van der Waals surface area contributed by atoms with Gasteiger partial charge in [0.2, 0.25) is 0 Å². The minimum Gasteiger partial charge on any atom is -0.386 e. The van der Waals surface area contributed by atoms with Gasteiger partial charge in [0.05, 0.1) is 16.8 Å². The van der Waals surface area contributed by atoms with E-state index in [-0.39, 0.29) is 23.0 Å². The van der Waals surface area contributed by atoms with Gasteiger partial charge in [0.25, 0.3) is 5.91 Å². The Morgan fingerprint density at radius 2 is 1.74 bits per heavy atom. The number of nitrogens with zero attached hydrogens (tertiary/aromatic N) is 2. The third kappa shape index (κ3) is 4.52. The number of aromatic nitrogens is 2. The predicted molar refractivity (Wildman–Crippen MR) is 117 cm³/mol. The number of aliphatic hydroxyl groups is 1. The summed E-state index contributed by atoms with van der Waals surface area (Å²) in [6, 6.07) is 9.46. The molecule has 1 aromatic carbocycles. The second-order valence-electron chi connectivity index (χ2n) is 9.14. The minimum absolute atomic E-state index is 0.0502. The zero-order valence-electron chi connectivity index (χ0n) is 18.7. The maximum absolute atomic E-state index is 13.2. The highest BCUT2D eigenvalue weighted by Gasteiger charge is 2.54. The first-order chi connectivity index (χ1) is 15.8. The zero-order valence-corrected chi connectivity index (χ0v) is 18.7. The fraction of sp³-hybridized carbons (Fsp3) is 0.320. The number of carbonyl (C=O) groups excluding carboxylic acids is 1. The number of hydrogen-bond acceptors (Lipinski definition) is 4. The topological polar surface area (TPSA) is 75.1 Å². The van der Waals surface area contributed by atoms with Crippen molar-refractivity contribution >= 4 is 5.91 Å². The standard InChI is InChI=1S/C25H23F4N3O2/c1-14-11-24(14,32-22(33)15-4-7-17(26)8-5-15)16-6-9-20(30-12-16)18-13-31-21(25(27,28)29)10-19(18)23(2,3)34/h4-10,12-14,34H,11H2,1-3H3,(H,32,33)/t14-,24-/m0/s1. The SMILES string of the molecule is C[C@H]1C[C@@]1(NC(=O)c1ccc(F)cc1)c1ccc(-c2cnc(C(F)(F)F)cc2C(C)(C)O)nc1. The van der Waals surface area contributed by atoms with Crippen molar-refractivity contribution < 1.29 is 27.5 Å². The van der Waals surface area contributed by atoms with Gasteiger partial charge >= 0.3 is 6.18 Å². The van der Waals surface area contributed by atoms with Crippen LogP contribution in [0.4, 0.5) is 17.6 Å². The van der Waals surface area contributed by atoms with Crippen LogP contribution in [-0.4, -0.2) is 21.0 Å². The molecule has 9 heteroatoms. The predicted octanol–water partition coefficient (Wildman–Crippen LogP) is 5.19. The van der Waals surface area contributed by atoms with Gasteiger partial charge in [-0.05, 0) is 73.7 Å². The molecule has 178 valence electrons. The summed E-state index contributed by atoms with van der Waals surface area (Å²) in [6.07, 6.45) is -1.34. The lowest BCUT2D eigenvalue weighted by Crippen LogP contribution is -2.36. The van der Waals surface area contributed by atoms with Gasteiger partial charge in [-0.15, -0.1) is 0 Å². The van der Waals surface area contributed by atoms with E-state index >= 15 is 0 Å². The van der Waals surface area contributed by atoms with E-state index in [1.807, 2.05) is 6.92 Å². The Hall–Kier alpha value is -3.33. The van der Waals surface area contributed by atoms with Gasteiger partial charge in [0.1, 0.15) is 11.5 Å². The van der Waals surface area contributed by atoms with Gasteiger partial charge in [-0.1, -0.05) is 13.0 Å². The quantitative estimate of drug-likeness (QED) is 0.500. The molecular weight excluding hydrogens is 450 g/mol. The summed E-state index contributed by atoms with van der Waals surface area (Å²) in [6.45, 7) is 4.77. The van der Waals surface area contributed by atoms with Crippen LogP contribution in [-0.2, 0) is 17.3 Å². The Bertz CT molecular complexity index is 1220. The first-order valence-corrected chi connectivity index (χ1v) is 10.7. The lowest BCUT2D eigenvalue weighted by molar-refractivity contribution is -0.141. The Labute approximate surface area is 193 Å². The maximum Gasteiger partial charge on any atom is 0.433 e. The zero-order chi connectivity index (χ0) is 24.9. The van der Waals surface area contributed by atoms with Gasteiger partial charge in [-0.25, -0.2) is 4.39 Å². The molecule has 2 N–H and O–H groups in total. The Morgan fingerprint density at radius 3 is 2.24 bits per heavy atom. The van der Waals surface area contributed by atoms with E-state index < -0.39 is 28.8 Å². The Kier molecular flexibility index (Phi) is 5.72. The van der Waals surface area contributed by atoms with Crippen LogP contribution in [0.1, 0.15) is 54.4 Å². The Morgan fingerprint density at radius 1 is 1.09 bits per heavy atom. The highest BCUT2D eigenvalue weighted by molar-refractivity contribution is 5.95. The molecule has 2 heterocycles. The van der Waals surface area contributed by atoms with Crippen molar-refractivity contribution in [3.05, 3.63) is 83.1 Å². The van der Waals surface area contributed by atoms with Crippen LogP contribution >= 0.6 is 0 Å². The number of halogens is 4. The average molecular weight is 473 g/mol. The summed E-state index contributed by atoms with van der Waals surface area (Å²) in [5.41, 5.74) is -1.56. The van der Waals surface area contributed by atoms with Crippen molar-refractivity contribution in [3.8, 4) is 11.3 Å². The molecule has 0 unspecified atom stereocenters. The number of rotatable bonds is 5. The summed E-state index contributed by atoms with van der Waals surface area (Å²) >= 11 is 0. The van der Waals surface area contributed by atoms with E-state index in [9.17, 15) is 27.5 Å². The van der Waals surface area contributed by atoms with E-state index in [0.29, 0.717) is 17.7 Å². The fourth-order valence-corrected chi connectivity index (χ4v) is 4.09. The number of benzene rings is 1. The van der Waals surface area contributed by atoms with Crippen LogP contribution in [0.5, 0.6) is 0 Å². The molecule has 1 aliphatic rings. The molecule has 0 spiro atoms. The fourth-order valence-electron chi connectivity index (χ4n) is 4.09. The van der Waals surface area contributed by atoms with Gasteiger partial charge in [0.15, 0.2) is 0 Å². The van der Waals surface area contributed by atoms with Crippen LogP contribution in [0.25, 0.3) is 11.3 Å². The second-order valence-corrected chi connectivity index (χ2v) is 9.14. The average Bonchev–Trinajstić information content (AvgIpc) is 3.42. The summed E-state index contributed by atoms with van der Waals surface area (Å²) in [5, 5.41) is 13.5. The third-order valence-electron chi connectivity index (χ3n) is 6.16. The summed E-state index contributed by atoms with van der Waals surface area (Å²) < 4.78 is 52.6. The first kappa shape index (κ1) is 23.8. The van der Waals surface area contributed by atoms with Gasteiger partial charge in [0, 0.05) is 23.5 Å². The smallest absolute Gasteiger partial charge is 0.386 e. The molecular formula is C25H23F4N3O2. The number of nitrogens with one attached hydrogen (secondary N) is 1. The van der Waals surface area contributed by atoms with Crippen molar-refractivity contribution in [2.24, 2.45) is 5.92 Å². The highest BCUT2D eigenvalue weighted by Crippen LogP contribution is 2.51. The van der Waals surface area contributed by atoms with E-state index in [1.165, 1.54) is 38.1 Å². The van der Waals surface area contributed by atoms with E-state index in [4.69, 9.17) is 0 Å². The van der Waals surface area contributed by atoms with Gasteiger partial charge in [-0.2, -0.15) is 13.2 Å². The van der Waals surface area contributed by atoms with Crippen LogP contribution < -0.4 is 5.32 Å². The van der Waals surface area contributed by atoms with Crippen molar-refractivity contribution in [1.29, 1.82) is 0 Å². The number of alkyl halides is 3. The molecule has 2 aromatic heterocycles. The number of amides is 1. The van der Waals surface area contributed by atoms with Crippen molar-refractivity contribution in [1.82, 2.24) is 15.3 Å². The van der Waals surface area contributed by atoms with Crippen LogP contribution in [0.2, 0.25) is 0 Å². The lowest BCUT2D eigenvalue weighted by Gasteiger charge is -2.23. The highest BCUT2D eigenvalue weighted by atomic mass is 19.4. The van der Waals surface area contributed by atoms with E-state index in [0.717, 1.165) is 17.8 Å². The van der Waals surface area contributed by atoms with Crippen molar-refractivity contribution in [2.75, 3.05) is 0 Å². The molecule has 3 aromatic rings. The van der Waals surface area contributed by atoms with Crippen LogP contribution in [0.15, 0.2) is 54.9 Å². The third-order valence-corrected chi connectivity index (χ3v) is 6.16. The molecule has 1 aliphatic carbocycles. The van der Waals surface area contributed by atoms with E-state index in [1.54, 1.807) is 18.3 Å². The molecule has 1 saturated carbocycles. The number of hydrogen-bond donors (Lipinski definition) is 2. The largest absolute Gasteiger partial charge is 0.433 e. The monoisotopic (exact) mass is 473 g/mol. The van der Waals surface area contributed by atoms with Gasteiger partial charge in [-0.3, -0.25) is 14.8 Å². The summed E-state index contributed by atoms with van der Waals surface area (Å²) in [5.74, 6) is -0.650. The Balaban J connectivity index is 1.64.